The fraction of sp³-hybridized carbons (Fsp3) is 0.179. The number of anilines is 1. The Morgan fingerprint density at radius 3 is 2.29 bits per heavy atom. The monoisotopic (exact) mass is 528 g/mol. The molecule has 0 bridgehead atoms. The van der Waals surface area contributed by atoms with Crippen molar-refractivity contribution in [2.75, 3.05) is 12.0 Å². The maximum Gasteiger partial charge on any atom is 0.240 e. The molecule has 174 valence electrons. The molecular formula is C28H21BrN2O4. The van der Waals surface area contributed by atoms with Crippen molar-refractivity contribution in [1.82, 2.24) is 4.90 Å². The third-order valence-corrected chi connectivity index (χ3v) is 7.72. The number of nitrogens with zero attached hydrogens (tertiary/aromatic N) is 2. The maximum absolute atomic E-state index is 13.9. The maximum atomic E-state index is 13.9. The lowest BCUT2D eigenvalue weighted by molar-refractivity contribution is -0.123. The predicted octanol–water partition coefficient (Wildman–Crippen LogP) is 4.86. The Labute approximate surface area is 210 Å². The Morgan fingerprint density at radius 1 is 0.886 bits per heavy atom. The summed E-state index contributed by atoms with van der Waals surface area (Å²) in [6.45, 7) is 0. The zero-order valence-corrected chi connectivity index (χ0v) is 20.4. The van der Waals surface area contributed by atoms with Crippen molar-refractivity contribution in [2.45, 2.75) is 12.1 Å². The van der Waals surface area contributed by atoms with Crippen LogP contribution in [0.2, 0.25) is 0 Å². The van der Waals surface area contributed by atoms with Gasteiger partial charge in [-0.05, 0) is 65.7 Å². The first-order chi connectivity index (χ1) is 17.0. The average molecular weight is 529 g/mol. The number of ether oxygens (including phenoxy) is 1. The van der Waals surface area contributed by atoms with Crippen LogP contribution in [0.25, 0.3) is 6.08 Å². The van der Waals surface area contributed by atoms with E-state index >= 15 is 0 Å². The summed E-state index contributed by atoms with van der Waals surface area (Å²) < 4.78 is 6.08. The first kappa shape index (κ1) is 21.8. The minimum atomic E-state index is -0.792. The molecule has 4 atom stereocenters. The molecule has 3 aromatic carbocycles. The molecule has 7 heteroatoms. The number of halogens is 1. The quantitative estimate of drug-likeness (QED) is 0.357. The fourth-order valence-corrected chi connectivity index (χ4v) is 5.89. The molecule has 2 amide bonds. The van der Waals surface area contributed by atoms with Gasteiger partial charge in [-0.3, -0.25) is 14.4 Å². The molecule has 0 spiro atoms. The molecule has 6 rings (SSSR count). The molecule has 2 saturated heterocycles. The lowest BCUT2D eigenvalue weighted by atomic mass is 9.83. The van der Waals surface area contributed by atoms with Crippen LogP contribution in [0.15, 0.2) is 83.5 Å². The minimum absolute atomic E-state index is 0.187. The van der Waals surface area contributed by atoms with E-state index in [2.05, 4.69) is 15.9 Å². The van der Waals surface area contributed by atoms with Gasteiger partial charge in [0.1, 0.15) is 11.8 Å². The van der Waals surface area contributed by atoms with Crippen LogP contribution in [-0.2, 0) is 9.59 Å². The molecule has 2 fully saturated rings. The van der Waals surface area contributed by atoms with Crippen molar-refractivity contribution in [3.63, 3.8) is 0 Å². The Morgan fingerprint density at radius 2 is 1.57 bits per heavy atom. The zero-order valence-electron chi connectivity index (χ0n) is 18.8. The van der Waals surface area contributed by atoms with Crippen molar-refractivity contribution < 1.29 is 19.1 Å². The Bertz CT molecular complexity index is 1380. The number of fused-ring (bicyclic) bond motifs is 5. The number of carbonyl (C=O) groups is 3. The largest absolute Gasteiger partial charge is 0.497 e. The van der Waals surface area contributed by atoms with Crippen molar-refractivity contribution in [1.29, 1.82) is 0 Å². The van der Waals surface area contributed by atoms with Gasteiger partial charge in [0.2, 0.25) is 11.8 Å². The summed E-state index contributed by atoms with van der Waals surface area (Å²) in [4.78, 5) is 44.8. The second kappa shape index (κ2) is 8.20. The third-order valence-electron chi connectivity index (χ3n) is 7.19. The molecule has 3 heterocycles. The smallest absolute Gasteiger partial charge is 0.240 e. The van der Waals surface area contributed by atoms with E-state index in [1.807, 2.05) is 41.4 Å². The van der Waals surface area contributed by atoms with E-state index in [9.17, 15) is 14.4 Å². The molecule has 0 aromatic heterocycles. The first-order valence-corrected chi connectivity index (χ1v) is 12.1. The van der Waals surface area contributed by atoms with E-state index in [1.54, 1.807) is 55.6 Å². The Balaban J connectivity index is 1.47. The molecule has 35 heavy (non-hydrogen) atoms. The number of amides is 2. The van der Waals surface area contributed by atoms with Gasteiger partial charge in [-0.25, -0.2) is 4.90 Å². The summed E-state index contributed by atoms with van der Waals surface area (Å²) >= 11 is 3.40. The van der Waals surface area contributed by atoms with Gasteiger partial charge in [0, 0.05) is 16.2 Å². The molecular weight excluding hydrogens is 508 g/mol. The van der Waals surface area contributed by atoms with E-state index in [-0.39, 0.29) is 17.6 Å². The standard InChI is InChI=1S/C28H21BrN2O4/c1-35-20-12-6-17(7-13-20)26(32)25-23-22(24-21-5-3-2-4-16(21)14-15-30(24)25)27(33)31(28(23)34)19-10-8-18(29)9-11-19/h2-15,22-25H,1H3/t22-,23+,24+,25-/m0/s1. The molecule has 6 nitrogen and oxygen atoms in total. The van der Waals surface area contributed by atoms with Gasteiger partial charge in [0.25, 0.3) is 0 Å². The van der Waals surface area contributed by atoms with Gasteiger partial charge in [0.15, 0.2) is 5.78 Å². The van der Waals surface area contributed by atoms with Crippen molar-refractivity contribution in [3.05, 3.63) is 100 Å². The van der Waals surface area contributed by atoms with Gasteiger partial charge in [-0.1, -0.05) is 40.2 Å². The molecule has 0 aliphatic carbocycles. The third kappa shape index (κ3) is 3.26. The number of Topliss-reactive ketones (excluding diaryl/α,β-unsaturated/α-hetero) is 1. The minimum Gasteiger partial charge on any atom is -0.497 e. The number of rotatable bonds is 4. The normalized spacial score (nSPS) is 24.3. The van der Waals surface area contributed by atoms with Crippen molar-refractivity contribution in [3.8, 4) is 5.75 Å². The van der Waals surface area contributed by atoms with E-state index in [1.165, 1.54) is 4.90 Å². The van der Waals surface area contributed by atoms with Gasteiger partial charge in [-0.15, -0.1) is 0 Å². The zero-order chi connectivity index (χ0) is 24.3. The summed E-state index contributed by atoms with van der Waals surface area (Å²) in [5, 5.41) is 0. The van der Waals surface area contributed by atoms with Crippen LogP contribution in [0.4, 0.5) is 5.69 Å². The lowest BCUT2D eigenvalue weighted by Gasteiger charge is -2.35. The SMILES string of the molecule is COc1ccc(C(=O)[C@@H]2[C@@H]3C(=O)N(c4ccc(Br)cc4)C(=O)[C@@H]3[C@H]3c4ccccc4C=CN23)cc1. The first-order valence-electron chi connectivity index (χ1n) is 11.4. The Kier molecular flexibility index (Phi) is 5.11. The van der Waals surface area contributed by atoms with E-state index in [4.69, 9.17) is 4.74 Å². The van der Waals surface area contributed by atoms with E-state index in [0.717, 1.165) is 15.6 Å². The van der Waals surface area contributed by atoms with Gasteiger partial charge in [0.05, 0.1) is 30.7 Å². The molecule has 0 saturated carbocycles. The predicted molar refractivity (Wildman–Crippen MR) is 135 cm³/mol. The lowest BCUT2D eigenvalue weighted by Crippen LogP contribution is -2.44. The molecule has 0 radical (unpaired) electrons. The second-order valence-electron chi connectivity index (χ2n) is 8.91. The number of methoxy groups -OCH3 is 1. The summed E-state index contributed by atoms with van der Waals surface area (Å²) in [6, 6.07) is 20.6. The Hall–Kier alpha value is -3.71. The van der Waals surface area contributed by atoms with Crippen LogP contribution < -0.4 is 9.64 Å². The summed E-state index contributed by atoms with van der Waals surface area (Å²) in [5.41, 5.74) is 2.94. The highest BCUT2D eigenvalue weighted by atomic mass is 79.9. The number of hydrogen-bond acceptors (Lipinski definition) is 5. The van der Waals surface area contributed by atoms with Crippen molar-refractivity contribution in [2.24, 2.45) is 11.8 Å². The summed E-state index contributed by atoms with van der Waals surface area (Å²) in [6.07, 6.45) is 3.81. The van der Waals surface area contributed by atoms with Crippen LogP contribution in [0, 0.1) is 11.8 Å². The van der Waals surface area contributed by atoms with Gasteiger partial charge in [-0.2, -0.15) is 0 Å². The molecule has 3 aromatic rings. The number of carbonyl (C=O) groups excluding carboxylic acids is 3. The van der Waals surface area contributed by atoms with Crippen molar-refractivity contribution >= 4 is 45.3 Å². The molecule has 3 aliphatic heterocycles. The summed E-state index contributed by atoms with van der Waals surface area (Å²) in [5.74, 6) is -1.61. The molecule has 0 unspecified atom stereocenters. The van der Waals surface area contributed by atoms with Crippen LogP contribution in [0.3, 0.4) is 0 Å². The average Bonchev–Trinajstić information content (AvgIpc) is 3.37. The summed E-state index contributed by atoms with van der Waals surface area (Å²) in [7, 11) is 1.57. The number of hydrogen-bond donors (Lipinski definition) is 0. The molecule has 0 N–H and O–H groups in total. The molecule has 3 aliphatic rings. The van der Waals surface area contributed by atoms with Gasteiger partial charge < -0.3 is 9.64 Å². The highest BCUT2D eigenvalue weighted by Gasteiger charge is 2.64. The van der Waals surface area contributed by atoms with E-state index in [0.29, 0.717) is 17.0 Å². The topological polar surface area (TPSA) is 66.9 Å². The highest BCUT2D eigenvalue weighted by Crippen LogP contribution is 2.53. The van der Waals surface area contributed by atoms with Gasteiger partial charge >= 0.3 is 0 Å². The van der Waals surface area contributed by atoms with Crippen LogP contribution in [0.1, 0.15) is 27.5 Å². The highest BCUT2D eigenvalue weighted by molar-refractivity contribution is 9.10. The van der Waals surface area contributed by atoms with Crippen LogP contribution >= 0.6 is 15.9 Å². The van der Waals surface area contributed by atoms with Crippen LogP contribution in [-0.4, -0.2) is 35.6 Å². The second-order valence-corrected chi connectivity index (χ2v) is 9.83. The fourth-order valence-electron chi connectivity index (χ4n) is 5.63. The van der Waals surface area contributed by atoms with Crippen LogP contribution in [0.5, 0.6) is 5.75 Å². The number of imide groups is 1. The number of benzene rings is 3. The van der Waals surface area contributed by atoms with E-state index < -0.39 is 23.9 Å². The number of ketones is 1.